The predicted molar refractivity (Wildman–Crippen MR) is 116 cm³/mol. The monoisotopic (exact) mass is 540 g/mol. The molecule has 9 heteroatoms. The normalized spacial score (nSPS) is 31.8. The molecule has 3 amide bonds. The highest BCUT2D eigenvalue weighted by Crippen LogP contribution is 2.60. The van der Waals surface area contributed by atoms with Crippen LogP contribution in [0.25, 0.3) is 0 Å². The van der Waals surface area contributed by atoms with Gasteiger partial charge in [0.25, 0.3) is 5.91 Å². The smallest absolute Gasteiger partial charge is 0.326 e. The molecule has 3 fully saturated rings. The zero-order valence-electron chi connectivity index (χ0n) is 16.6. The Morgan fingerprint density at radius 1 is 1.10 bits per heavy atom. The van der Waals surface area contributed by atoms with Gasteiger partial charge in [0, 0.05) is 15.3 Å². The molecule has 0 unspecified atom stereocenters. The Hall–Kier alpha value is -1.74. The maximum absolute atomic E-state index is 12.8. The molecule has 1 aliphatic heterocycles. The molecule has 0 aromatic heterocycles. The van der Waals surface area contributed by atoms with Crippen molar-refractivity contribution in [2.24, 2.45) is 23.7 Å². The third kappa shape index (κ3) is 3.60. The topological polar surface area (TPSA) is 92.8 Å². The number of alkyl halides is 2. The number of hydrogen-bond donors (Lipinski definition) is 1. The van der Waals surface area contributed by atoms with Gasteiger partial charge in [0.2, 0.25) is 11.8 Å². The van der Waals surface area contributed by atoms with Crippen LogP contribution in [0.2, 0.25) is 0 Å². The number of amides is 3. The van der Waals surface area contributed by atoms with E-state index in [0.29, 0.717) is 5.69 Å². The predicted octanol–water partition coefficient (Wildman–Crippen LogP) is 2.56. The fourth-order valence-corrected chi connectivity index (χ4v) is 6.82. The fraction of sp³-hybridized carbons (Fsp3) is 0.524. The van der Waals surface area contributed by atoms with Crippen LogP contribution in [0.1, 0.15) is 17.5 Å². The molecule has 1 N–H and O–H groups in total. The highest BCUT2D eigenvalue weighted by Gasteiger charge is 2.66. The molecule has 1 aromatic rings. The number of carbonyl (C=O) groups excluding carboxylic acids is 4. The van der Waals surface area contributed by atoms with Crippen molar-refractivity contribution in [1.82, 2.24) is 4.90 Å². The average Bonchev–Trinajstić information content (AvgIpc) is 3.30. The van der Waals surface area contributed by atoms with Crippen LogP contribution in [0, 0.1) is 37.5 Å². The summed E-state index contributed by atoms with van der Waals surface area (Å²) in [6.45, 7) is 2.84. The number of imide groups is 1. The van der Waals surface area contributed by atoms with Gasteiger partial charge >= 0.3 is 5.97 Å². The first-order valence-electron chi connectivity index (χ1n) is 9.85. The first kappa shape index (κ1) is 21.5. The molecule has 4 rings (SSSR count). The largest absolute Gasteiger partial charge is 0.454 e. The van der Waals surface area contributed by atoms with Crippen LogP contribution in [0.4, 0.5) is 5.69 Å². The number of anilines is 1. The van der Waals surface area contributed by atoms with Gasteiger partial charge in [0.05, 0.1) is 11.8 Å². The van der Waals surface area contributed by atoms with Gasteiger partial charge in [-0.2, -0.15) is 0 Å². The van der Waals surface area contributed by atoms with E-state index in [2.05, 4.69) is 37.2 Å². The number of likely N-dealkylation sites (tertiary alicyclic amines) is 1. The second kappa shape index (κ2) is 8.07. The second-order valence-electron chi connectivity index (χ2n) is 8.29. The molecule has 7 nitrogen and oxygen atoms in total. The number of ether oxygens (including phenoxy) is 1. The molecule has 2 saturated carbocycles. The van der Waals surface area contributed by atoms with Crippen molar-refractivity contribution in [3.63, 3.8) is 0 Å². The lowest BCUT2D eigenvalue weighted by atomic mass is 9.81. The van der Waals surface area contributed by atoms with Crippen LogP contribution < -0.4 is 5.32 Å². The van der Waals surface area contributed by atoms with Crippen LogP contribution in [0.15, 0.2) is 18.2 Å². The van der Waals surface area contributed by atoms with Gasteiger partial charge in [-0.1, -0.05) is 44.0 Å². The Kier molecular flexibility index (Phi) is 5.78. The molecule has 0 spiro atoms. The number of nitrogens with zero attached hydrogens (tertiary/aromatic N) is 1. The molecule has 3 aliphatic rings. The summed E-state index contributed by atoms with van der Waals surface area (Å²) < 4.78 is 5.02. The van der Waals surface area contributed by atoms with E-state index in [0.717, 1.165) is 22.4 Å². The van der Waals surface area contributed by atoms with Crippen molar-refractivity contribution >= 4 is 61.2 Å². The van der Waals surface area contributed by atoms with Crippen molar-refractivity contribution in [2.45, 2.75) is 29.9 Å². The van der Waals surface area contributed by atoms with E-state index in [1.165, 1.54) is 0 Å². The van der Waals surface area contributed by atoms with Gasteiger partial charge < -0.3 is 10.1 Å². The summed E-state index contributed by atoms with van der Waals surface area (Å²) in [6.07, 6.45) is 0.829. The zero-order chi connectivity index (χ0) is 21.7. The van der Waals surface area contributed by atoms with Crippen LogP contribution in [0.3, 0.4) is 0 Å². The van der Waals surface area contributed by atoms with Crippen LogP contribution in [-0.4, -0.2) is 51.4 Å². The fourth-order valence-electron chi connectivity index (χ4n) is 4.94. The lowest BCUT2D eigenvalue weighted by molar-refractivity contribution is -0.154. The quantitative estimate of drug-likeness (QED) is 0.351. The van der Waals surface area contributed by atoms with Gasteiger partial charge in [0.1, 0.15) is 6.54 Å². The van der Waals surface area contributed by atoms with E-state index in [9.17, 15) is 19.2 Å². The van der Waals surface area contributed by atoms with E-state index in [1.54, 1.807) is 0 Å². The summed E-state index contributed by atoms with van der Waals surface area (Å²) in [7, 11) is 0. The van der Waals surface area contributed by atoms with Crippen molar-refractivity contribution < 1.29 is 23.9 Å². The molecule has 2 bridgehead atoms. The van der Waals surface area contributed by atoms with Crippen molar-refractivity contribution in [3.8, 4) is 0 Å². The SMILES string of the molecule is Cc1ccc(C)c(NC(=O)COC(=O)CN2C(=O)[C@@H]3[C@H]4C[C@@H]([C@H](Br)[C@H]4Br)[C@H]3C2=O)c1. The summed E-state index contributed by atoms with van der Waals surface area (Å²) in [5, 5.41) is 2.71. The van der Waals surface area contributed by atoms with Crippen LogP contribution in [-0.2, 0) is 23.9 Å². The molecule has 1 saturated heterocycles. The standard InChI is InChI=1S/C21H22Br2N2O5/c1-9-3-4-10(2)13(5-9)24-14(26)8-30-15(27)7-25-20(28)16-11-6-12(17(16)21(25)29)19(23)18(11)22/h3-5,11-12,16-19H,6-8H2,1-2H3,(H,24,26)/t11-,12-,16-,17-,18+,19+/m1/s1. The Balaban J connectivity index is 1.32. The molecule has 30 heavy (non-hydrogen) atoms. The first-order valence-corrected chi connectivity index (χ1v) is 11.7. The summed E-state index contributed by atoms with van der Waals surface area (Å²) in [5.74, 6) is -2.44. The number of aryl methyl sites for hydroxylation is 2. The number of carbonyl (C=O) groups is 4. The lowest BCUT2D eigenvalue weighted by Gasteiger charge is -2.28. The molecule has 2 aliphatic carbocycles. The third-order valence-electron chi connectivity index (χ3n) is 6.40. The third-order valence-corrected chi connectivity index (χ3v) is 9.60. The van der Waals surface area contributed by atoms with Gasteiger partial charge in [-0.15, -0.1) is 0 Å². The van der Waals surface area contributed by atoms with E-state index in [1.807, 2.05) is 32.0 Å². The minimum atomic E-state index is -0.772. The highest BCUT2D eigenvalue weighted by molar-refractivity contribution is 9.12. The molecule has 6 atom stereocenters. The van der Waals surface area contributed by atoms with E-state index in [4.69, 9.17) is 4.74 Å². The maximum Gasteiger partial charge on any atom is 0.326 e. The minimum Gasteiger partial charge on any atom is -0.454 e. The van der Waals surface area contributed by atoms with E-state index >= 15 is 0 Å². The first-order chi connectivity index (χ1) is 14.2. The Bertz CT molecular complexity index is 904. The number of rotatable bonds is 5. The molecular weight excluding hydrogens is 520 g/mol. The van der Waals surface area contributed by atoms with Crippen LogP contribution >= 0.6 is 31.9 Å². The van der Waals surface area contributed by atoms with Gasteiger partial charge in [-0.25, -0.2) is 0 Å². The Labute approximate surface area is 191 Å². The van der Waals surface area contributed by atoms with Crippen molar-refractivity contribution in [3.05, 3.63) is 29.3 Å². The zero-order valence-corrected chi connectivity index (χ0v) is 19.7. The molecular formula is C21H22Br2N2O5. The molecule has 1 heterocycles. The van der Waals surface area contributed by atoms with Crippen molar-refractivity contribution in [2.75, 3.05) is 18.5 Å². The molecule has 1 aromatic carbocycles. The number of halogens is 2. The number of esters is 1. The maximum atomic E-state index is 12.8. The second-order valence-corrected chi connectivity index (χ2v) is 10.4. The van der Waals surface area contributed by atoms with Gasteiger partial charge in [0.15, 0.2) is 6.61 Å². The number of benzene rings is 1. The summed E-state index contributed by atoms with van der Waals surface area (Å²) in [5.41, 5.74) is 2.54. The molecule has 0 radical (unpaired) electrons. The highest BCUT2D eigenvalue weighted by atomic mass is 79.9. The van der Waals surface area contributed by atoms with Gasteiger partial charge in [-0.05, 0) is 49.3 Å². The average molecular weight is 542 g/mol. The van der Waals surface area contributed by atoms with Crippen molar-refractivity contribution in [1.29, 1.82) is 0 Å². The van der Waals surface area contributed by atoms with Crippen LogP contribution in [0.5, 0.6) is 0 Å². The number of fused-ring (bicyclic) bond motifs is 5. The summed E-state index contributed by atoms with van der Waals surface area (Å²) in [6, 6.07) is 5.66. The lowest BCUT2D eigenvalue weighted by Crippen LogP contribution is -2.38. The Morgan fingerprint density at radius 3 is 2.30 bits per heavy atom. The minimum absolute atomic E-state index is 0.0881. The molecule has 160 valence electrons. The summed E-state index contributed by atoms with van der Waals surface area (Å²) >= 11 is 7.26. The Morgan fingerprint density at radius 2 is 1.70 bits per heavy atom. The van der Waals surface area contributed by atoms with Gasteiger partial charge in [-0.3, -0.25) is 24.1 Å². The summed E-state index contributed by atoms with van der Waals surface area (Å²) in [4.78, 5) is 51.2. The number of nitrogens with one attached hydrogen (secondary N) is 1. The van der Waals surface area contributed by atoms with E-state index in [-0.39, 0.29) is 45.1 Å². The van der Waals surface area contributed by atoms with E-state index < -0.39 is 25.0 Å². The number of hydrogen-bond acceptors (Lipinski definition) is 5.